The lowest BCUT2D eigenvalue weighted by Gasteiger charge is -2.12. The van der Waals surface area contributed by atoms with E-state index in [0.29, 0.717) is 23.1 Å². The van der Waals surface area contributed by atoms with Crippen LogP contribution in [0.2, 0.25) is 0 Å². The SMILES string of the molecule is O=C(Nc1ccccc1CCl)Nc1ccccc1CCl. The van der Waals surface area contributed by atoms with Crippen LogP contribution in [0.3, 0.4) is 0 Å². The van der Waals surface area contributed by atoms with Crippen molar-refractivity contribution in [2.45, 2.75) is 11.8 Å². The van der Waals surface area contributed by atoms with Gasteiger partial charge in [0, 0.05) is 23.1 Å². The maximum Gasteiger partial charge on any atom is 0.323 e. The van der Waals surface area contributed by atoms with E-state index in [9.17, 15) is 4.79 Å². The number of carbonyl (C=O) groups excluding carboxylic acids is 1. The van der Waals surface area contributed by atoms with E-state index < -0.39 is 0 Å². The summed E-state index contributed by atoms with van der Waals surface area (Å²) in [5, 5.41) is 5.57. The molecule has 2 aromatic rings. The number of hydrogen-bond donors (Lipinski definition) is 2. The number of para-hydroxylation sites is 2. The van der Waals surface area contributed by atoms with Crippen LogP contribution in [-0.2, 0) is 11.8 Å². The molecule has 104 valence electrons. The van der Waals surface area contributed by atoms with Gasteiger partial charge in [0.25, 0.3) is 0 Å². The molecule has 0 radical (unpaired) electrons. The highest BCUT2D eigenvalue weighted by Gasteiger charge is 2.08. The molecule has 0 heterocycles. The number of benzene rings is 2. The fraction of sp³-hybridized carbons (Fsp3) is 0.133. The number of rotatable bonds is 4. The van der Waals surface area contributed by atoms with Gasteiger partial charge in [-0.25, -0.2) is 4.79 Å². The summed E-state index contributed by atoms with van der Waals surface area (Å²) >= 11 is 11.7. The number of urea groups is 1. The molecule has 3 nitrogen and oxygen atoms in total. The van der Waals surface area contributed by atoms with E-state index >= 15 is 0 Å². The van der Waals surface area contributed by atoms with Crippen molar-refractivity contribution in [3.63, 3.8) is 0 Å². The molecule has 0 bridgehead atoms. The minimum absolute atomic E-state index is 0.319. The number of nitrogens with one attached hydrogen (secondary N) is 2. The van der Waals surface area contributed by atoms with E-state index in [1.807, 2.05) is 48.5 Å². The monoisotopic (exact) mass is 308 g/mol. The Kier molecular flexibility index (Phi) is 5.27. The van der Waals surface area contributed by atoms with Gasteiger partial charge in [0.2, 0.25) is 0 Å². The second-order valence-electron chi connectivity index (χ2n) is 4.16. The number of alkyl halides is 2. The highest BCUT2D eigenvalue weighted by atomic mass is 35.5. The van der Waals surface area contributed by atoms with Gasteiger partial charge < -0.3 is 10.6 Å². The molecule has 0 aromatic heterocycles. The van der Waals surface area contributed by atoms with Gasteiger partial charge in [0.15, 0.2) is 0 Å². The van der Waals surface area contributed by atoms with Crippen LogP contribution in [0.25, 0.3) is 0 Å². The summed E-state index contributed by atoms with van der Waals surface area (Å²) < 4.78 is 0. The van der Waals surface area contributed by atoms with Crippen LogP contribution in [0, 0.1) is 0 Å². The number of amides is 2. The Morgan fingerprint density at radius 2 is 1.20 bits per heavy atom. The Balaban J connectivity index is 2.09. The predicted molar refractivity (Wildman–Crippen MR) is 84.6 cm³/mol. The van der Waals surface area contributed by atoms with Crippen LogP contribution in [0.5, 0.6) is 0 Å². The normalized spacial score (nSPS) is 10.1. The average Bonchev–Trinajstić information content (AvgIpc) is 2.48. The number of carbonyl (C=O) groups is 1. The van der Waals surface area contributed by atoms with Gasteiger partial charge in [0.05, 0.1) is 0 Å². The van der Waals surface area contributed by atoms with Gasteiger partial charge in [-0.1, -0.05) is 36.4 Å². The topological polar surface area (TPSA) is 41.1 Å². The highest BCUT2D eigenvalue weighted by Crippen LogP contribution is 2.19. The fourth-order valence-electron chi connectivity index (χ4n) is 1.79. The highest BCUT2D eigenvalue weighted by molar-refractivity contribution is 6.18. The third-order valence-electron chi connectivity index (χ3n) is 2.82. The maximum atomic E-state index is 12.0. The Morgan fingerprint density at radius 3 is 1.60 bits per heavy atom. The number of halogens is 2. The van der Waals surface area contributed by atoms with Gasteiger partial charge in [0.1, 0.15) is 0 Å². The summed E-state index contributed by atoms with van der Waals surface area (Å²) in [6, 6.07) is 14.5. The van der Waals surface area contributed by atoms with Crippen molar-refractivity contribution >= 4 is 40.6 Å². The van der Waals surface area contributed by atoms with Crippen molar-refractivity contribution in [2.75, 3.05) is 10.6 Å². The molecule has 0 aliphatic rings. The minimum Gasteiger partial charge on any atom is -0.307 e. The average molecular weight is 309 g/mol. The van der Waals surface area contributed by atoms with E-state index in [2.05, 4.69) is 10.6 Å². The zero-order valence-electron chi connectivity index (χ0n) is 10.7. The Morgan fingerprint density at radius 1 is 0.800 bits per heavy atom. The Labute approximate surface area is 127 Å². The molecule has 0 spiro atoms. The quantitative estimate of drug-likeness (QED) is 0.782. The van der Waals surface area contributed by atoms with Crippen LogP contribution < -0.4 is 10.6 Å². The molecule has 0 atom stereocenters. The molecule has 0 aliphatic heterocycles. The van der Waals surface area contributed by atoms with Crippen LogP contribution in [0.15, 0.2) is 48.5 Å². The van der Waals surface area contributed by atoms with Gasteiger partial charge in [-0.2, -0.15) is 0 Å². The fourth-order valence-corrected chi connectivity index (χ4v) is 2.26. The molecule has 0 saturated heterocycles. The standard InChI is InChI=1S/C15H14Cl2N2O/c16-9-11-5-1-3-7-13(11)18-15(20)19-14-8-4-2-6-12(14)10-17/h1-8H,9-10H2,(H2,18,19,20). The zero-order chi connectivity index (χ0) is 14.4. The molecule has 2 aromatic carbocycles. The molecule has 0 unspecified atom stereocenters. The van der Waals surface area contributed by atoms with E-state index in [1.54, 1.807) is 0 Å². The van der Waals surface area contributed by atoms with Gasteiger partial charge in [-0.3, -0.25) is 0 Å². The van der Waals surface area contributed by atoms with Crippen molar-refractivity contribution in [1.29, 1.82) is 0 Å². The maximum absolute atomic E-state index is 12.0. The Bertz CT molecular complexity index is 550. The molecule has 0 saturated carbocycles. The summed E-state index contributed by atoms with van der Waals surface area (Å²) in [4.78, 5) is 12.0. The zero-order valence-corrected chi connectivity index (χ0v) is 12.2. The first-order valence-electron chi connectivity index (χ1n) is 6.10. The second-order valence-corrected chi connectivity index (χ2v) is 4.70. The number of anilines is 2. The summed E-state index contributed by atoms with van der Waals surface area (Å²) in [6.07, 6.45) is 0. The van der Waals surface area contributed by atoms with E-state index in [-0.39, 0.29) is 6.03 Å². The lowest BCUT2D eigenvalue weighted by molar-refractivity contribution is 0.262. The molecule has 2 amide bonds. The van der Waals surface area contributed by atoms with E-state index in [0.717, 1.165) is 11.1 Å². The summed E-state index contributed by atoms with van der Waals surface area (Å²) in [5.74, 6) is 0.684. The van der Waals surface area contributed by atoms with Crippen LogP contribution >= 0.6 is 23.2 Å². The van der Waals surface area contributed by atoms with Gasteiger partial charge in [-0.15, -0.1) is 23.2 Å². The third-order valence-corrected chi connectivity index (χ3v) is 3.39. The van der Waals surface area contributed by atoms with Crippen molar-refractivity contribution in [1.82, 2.24) is 0 Å². The third kappa shape index (κ3) is 3.65. The summed E-state index contributed by atoms with van der Waals surface area (Å²) in [6.45, 7) is 0. The van der Waals surface area contributed by atoms with Crippen molar-refractivity contribution in [3.8, 4) is 0 Å². The van der Waals surface area contributed by atoms with Gasteiger partial charge in [-0.05, 0) is 23.3 Å². The van der Waals surface area contributed by atoms with Crippen molar-refractivity contribution < 1.29 is 4.79 Å². The molecule has 2 N–H and O–H groups in total. The first kappa shape index (κ1) is 14.7. The van der Waals surface area contributed by atoms with Crippen LogP contribution in [-0.4, -0.2) is 6.03 Å². The second kappa shape index (κ2) is 7.17. The van der Waals surface area contributed by atoms with E-state index in [4.69, 9.17) is 23.2 Å². The number of hydrogen-bond acceptors (Lipinski definition) is 1. The van der Waals surface area contributed by atoms with Gasteiger partial charge >= 0.3 is 6.03 Å². The molecule has 20 heavy (non-hydrogen) atoms. The summed E-state index contributed by atoms with van der Waals surface area (Å²) in [7, 11) is 0. The molecule has 0 fully saturated rings. The molecule has 5 heteroatoms. The molecular weight excluding hydrogens is 295 g/mol. The van der Waals surface area contributed by atoms with Crippen LogP contribution in [0.4, 0.5) is 16.2 Å². The van der Waals surface area contributed by atoms with Crippen LogP contribution in [0.1, 0.15) is 11.1 Å². The molecular formula is C15H14Cl2N2O. The van der Waals surface area contributed by atoms with Crippen molar-refractivity contribution in [3.05, 3.63) is 59.7 Å². The Hall–Kier alpha value is -1.71. The smallest absolute Gasteiger partial charge is 0.307 e. The molecule has 2 rings (SSSR count). The first-order valence-corrected chi connectivity index (χ1v) is 7.17. The minimum atomic E-state index is -0.319. The lowest BCUT2D eigenvalue weighted by Crippen LogP contribution is -2.20. The van der Waals surface area contributed by atoms with Crippen molar-refractivity contribution in [2.24, 2.45) is 0 Å². The molecule has 0 aliphatic carbocycles. The summed E-state index contributed by atoms with van der Waals surface area (Å²) in [5.41, 5.74) is 3.14. The predicted octanol–water partition coefficient (Wildman–Crippen LogP) is 4.81. The largest absolute Gasteiger partial charge is 0.323 e. The van der Waals surface area contributed by atoms with E-state index in [1.165, 1.54) is 0 Å². The lowest BCUT2D eigenvalue weighted by atomic mass is 10.2. The first-order chi connectivity index (χ1) is 9.74.